The zero-order valence-corrected chi connectivity index (χ0v) is 22.1. The van der Waals surface area contributed by atoms with E-state index in [1.165, 1.54) is 13.1 Å². The fourth-order valence-corrected chi connectivity index (χ4v) is 5.71. The molecule has 0 spiro atoms. The molecule has 0 unspecified atom stereocenters. The molecule has 0 aliphatic rings. The lowest BCUT2D eigenvalue weighted by molar-refractivity contribution is -0.149. The Morgan fingerprint density at radius 3 is 2.57 bits per heavy atom. The molecule has 3 rings (SSSR count). The van der Waals surface area contributed by atoms with Crippen LogP contribution in [0.1, 0.15) is 17.4 Å². The molecule has 1 amide bonds. The molecule has 14 heteroatoms. The van der Waals surface area contributed by atoms with E-state index in [2.05, 4.69) is 14.7 Å². The molecule has 0 fully saturated rings. The Morgan fingerprint density at radius 1 is 1.19 bits per heavy atom. The van der Waals surface area contributed by atoms with Gasteiger partial charge in [0.2, 0.25) is 10.2 Å². The fourth-order valence-electron chi connectivity index (χ4n) is 3.36. The van der Waals surface area contributed by atoms with E-state index in [9.17, 15) is 27.6 Å². The highest BCUT2D eigenvalue weighted by Gasteiger charge is 2.24. The van der Waals surface area contributed by atoms with Crippen molar-refractivity contribution in [2.45, 2.75) is 31.7 Å². The molecule has 0 aliphatic carbocycles. The number of thiazole rings is 1. The summed E-state index contributed by atoms with van der Waals surface area (Å²) in [7, 11) is -4.00. The number of nitrogens with one attached hydrogen (secondary N) is 2. The van der Waals surface area contributed by atoms with Gasteiger partial charge in [-0.2, -0.15) is 0 Å². The maximum absolute atomic E-state index is 12.9. The Hall–Kier alpha value is -3.62. The van der Waals surface area contributed by atoms with Crippen LogP contribution in [0.5, 0.6) is 0 Å². The van der Waals surface area contributed by atoms with Gasteiger partial charge in [-0.1, -0.05) is 30.3 Å². The largest absolute Gasteiger partial charge is 0.465 e. The van der Waals surface area contributed by atoms with E-state index in [-0.39, 0.29) is 29.6 Å². The molecule has 0 radical (unpaired) electrons. The number of ether oxygens (including phenoxy) is 1. The molecule has 0 atom stereocenters. The van der Waals surface area contributed by atoms with Crippen molar-refractivity contribution >= 4 is 33.2 Å². The molecule has 0 aliphatic heterocycles. The summed E-state index contributed by atoms with van der Waals surface area (Å²) < 4.78 is 33.9. The first-order chi connectivity index (χ1) is 17.5. The van der Waals surface area contributed by atoms with Crippen molar-refractivity contribution in [2.24, 2.45) is 0 Å². The molecule has 2 N–H and O–H groups in total. The maximum atomic E-state index is 12.9. The minimum atomic E-state index is -4.00. The van der Waals surface area contributed by atoms with E-state index >= 15 is 0 Å². The number of aromatic nitrogens is 3. The number of hydrogen-bond donors (Lipinski definition) is 2. The van der Waals surface area contributed by atoms with Crippen molar-refractivity contribution in [1.82, 2.24) is 24.2 Å². The smallest absolute Gasteiger partial charge is 0.328 e. The van der Waals surface area contributed by atoms with E-state index in [1.807, 2.05) is 30.3 Å². The Balaban J connectivity index is 1.73. The Morgan fingerprint density at radius 2 is 1.89 bits per heavy atom. The molecule has 2 heterocycles. The first-order valence-corrected chi connectivity index (χ1v) is 13.6. The second-order valence-corrected chi connectivity index (χ2v) is 11.1. The lowest BCUT2D eigenvalue weighted by Gasteiger charge is -2.22. The van der Waals surface area contributed by atoms with Crippen LogP contribution in [0.2, 0.25) is 0 Å². The molecule has 0 saturated heterocycles. The standard InChI is InChI=1S/C23H27N5O7S2/c1-4-35-19(30)14-27(18(29)13-28-12-15(2)21(31)26-22(28)32)11-10-24-37(33,34)23-25-20(16(3)36-23)17-8-6-5-7-9-17/h5-9,12,24H,4,10-11,13-14H2,1-3H3,(H,26,31,32). The fraction of sp³-hybridized carbons (Fsp3) is 0.348. The van der Waals surface area contributed by atoms with E-state index in [0.29, 0.717) is 5.69 Å². The molecule has 0 bridgehead atoms. The third kappa shape index (κ3) is 7.21. The van der Waals surface area contributed by atoms with Crippen molar-refractivity contribution in [1.29, 1.82) is 0 Å². The van der Waals surface area contributed by atoms with Gasteiger partial charge in [0.25, 0.3) is 15.6 Å². The summed E-state index contributed by atoms with van der Waals surface area (Å²) in [6, 6.07) is 9.18. The van der Waals surface area contributed by atoms with Gasteiger partial charge in [0.15, 0.2) is 0 Å². The molecular formula is C23H27N5O7S2. The van der Waals surface area contributed by atoms with E-state index in [0.717, 1.165) is 31.2 Å². The number of H-pyrrole nitrogens is 1. The van der Waals surface area contributed by atoms with Crippen LogP contribution in [0.15, 0.2) is 50.5 Å². The predicted octanol–water partition coefficient (Wildman–Crippen LogP) is 0.647. The van der Waals surface area contributed by atoms with E-state index in [4.69, 9.17) is 4.74 Å². The van der Waals surface area contributed by atoms with Gasteiger partial charge in [-0.25, -0.2) is 22.9 Å². The second kappa shape index (κ2) is 12.1. The first kappa shape index (κ1) is 28.0. The summed E-state index contributed by atoms with van der Waals surface area (Å²) in [4.78, 5) is 56.8. The molecule has 2 aromatic heterocycles. The highest BCUT2D eigenvalue weighted by Crippen LogP contribution is 2.29. The van der Waals surface area contributed by atoms with Crippen LogP contribution in [0.3, 0.4) is 0 Å². The Labute approximate surface area is 217 Å². The van der Waals surface area contributed by atoms with Gasteiger partial charge in [0.05, 0.1) is 12.3 Å². The van der Waals surface area contributed by atoms with Crippen LogP contribution < -0.4 is 16.0 Å². The zero-order valence-electron chi connectivity index (χ0n) is 20.5. The van der Waals surface area contributed by atoms with Crippen LogP contribution in [0.4, 0.5) is 0 Å². The number of amides is 1. The maximum Gasteiger partial charge on any atom is 0.328 e. The van der Waals surface area contributed by atoms with Gasteiger partial charge in [-0.05, 0) is 20.8 Å². The van der Waals surface area contributed by atoms with Crippen LogP contribution in [0.25, 0.3) is 11.3 Å². The number of benzene rings is 1. The summed E-state index contributed by atoms with van der Waals surface area (Å²) >= 11 is 1.02. The highest BCUT2D eigenvalue weighted by atomic mass is 32.2. The van der Waals surface area contributed by atoms with Crippen molar-refractivity contribution in [3.63, 3.8) is 0 Å². The number of carbonyl (C=O) groups excluding carboxylic acids is 2. The summed E-state index contributed by atoms with van der Waals surface area (Å²) in [6.07, 6.45) is 1.24. The molecular weight excluding hydrogens is 522 g/mol. The quantitative estimate of drug-likeness (QED) is 0.330. The lowest BCUT2D eigenvalue weighted by Crippen LogP contribution is -2.44. The van der Waals surface area contributed by atoms with E-state index < -0.39 is 46.2 Å². The van der Waals surface area contributed by atoms with Gasteiger partial charge in [0.1, 0.15) is 13.1 Å². The number of rotatable bonds is 11. The topological polar surface area (TPSA) is 161 Å². The number of hydrogen-bond acceptors (Lipinski definition) is 9. The summed E-state index contributed by atoms with van der Waals surface area (Å²) in [5.74, 6) is -1.33. The monoisotopic (exact) mass is 549 g/mol. The normalized spacial score (nSPS) is 11.3. The molecule has 37 heavy (non-hydrogen) atoms. The summed E-state index contributed by atoms with van der Waals surface area (Å²) in [5, 5.41) is 0. The number of nitrogens with zero attached hydrogens (tertiary/aromatic N) is 3. The Bertz CT molecular complexity index is 1490. The summed E-state index contributed by atoms with van der Waals surface area (Å²) in [6.45, 7) is 3.66. The van der Waals surface area contributed by atoms with Crippen molar-refractivity contribution in [2.75, 3.05) is 26.2 Å². The summed E-state index contributed by atoms with van der Waals surface area (Å²) in [5.41, 5.74) is 0.225. The first-order valence-electron chi connectivity index (χ1n) is 11.3. The molecule has 198 valence electrons. The molecule has 12 nitrogen and oxygen atoms in total. The number of aryl methyl sites for hydroxylation is 2. The molecule has 1 aromatic carbocycles. The number of aromatic amines is 1. The van der Waals surface area contributed by atoms with Crippen molar-refractivity contribution in [3.05, 3.63) is 67.8 Å². The van der Waals surface area contributed by atoms with Crippen LogP contribution in [0, 0.1) is 13.8 Å². The number of sulfonamides is 1. The van der Waals surface area contributed by atoms with Gasteiger partial charge in [-0.15, -0.1) is 11.3 Å². The molecule has 3 aromatic rings. The average molecular weight is 550 g/mol. The van der Waals surface area contributed by atoms with Crippen molar-refractivity contribution < 1.29 is 22.7 Å². The average Bonchev–Trinajstić information content (AvgIpc) is 3.25. The second-order valence-electron chi connectivity index (χ2n) is 7.97. The van der Waals surface area contributed by atoms with Gasteiger partial charge >= 0.3 is 11.7 Å². The zero-order chi connectivity index (χ0) is 27.2. The van der Waals surface area contributed by atoms with Crippen LogP contribution in [-0.2, 0) is 30.9 Å². The van der Waals surface area contributed by atoms with Crippen LogP contribution in [-0.4, -0.2) is 66.0 Å². The van der Waals surface area contributed by atoms with Crippen LogP contribution >= 0.6 is 11.3 Å². The number of esters is 1. The third-order valence-corrected chi connectivity index (χ3v) is 8.01. The van der Waals surface area contributed by atoms with Gasteiger partial charge < -0.3 is 9.64 Å². The lowest BCUT2D eigenvalue weighted by atomic mass is 10.1. The van der Waals surface area contributed by atoms with Gasteiger partial charge in [0, 0.05) is 35.3 Å². The minimum Gasteiger partial charge on any atom is -0.465 e. The van der Waals surface area contributed by atoms with Gasteiger partial charge in [-0.3, -0.25) is 23.9 Å². The highest BCUT2D eigenvalue weighted by molar-refractivity contribution is 7.91. The van der Waals surface area contributed by atoms with Crippen molar-refractivity contribution in [3.8, 4) is 11.3 Å². The third-order valence-electron chi connectivity index (χ3n) is 5.20. The Kier molecular flexibility index (Phi) is 9.13. The minimum absolute atomic E-state index is 0.0964. The number of carbonyl (C=O) groups is 2. The SMILES string of the molecule is CCOC(=O)CN(CCNS(=O)(=O)c1nc(-c2ccccc2)c(C)s1)C(=O)Cn1cc(C)c(=O)[nH]c1=O. The molecule has 0 saturated carbocycles. The van der Waals surface area contributed by atoms with E-state index in [1.54, 1.807) is 13.8 Å². The predicted molar refractivity (Wildman–Crippen MR) is 137 cm³/mol.